The molecule has 1 aromatic rings. The number of para-hydroxylation sites is 1. The Hall–Kier alpha value is -2.26. The number of benzene rings is 1. The van der Waals surface area contributed by atoms with Gasteiger partial charge in [-0.05, 0) is 41.6 Å². The highest BCUT2D eigenvalue weighted by Crippen LogP contribution is 2.42. The molecular weight excluding hydrogens is 575 g/mol. The SMILES string of the molecule is CC(C(=O)NCC(F)(I)C(C)(F)F)C(=O)N[C@H]1COc2c(cccc2C(F)(F)F)N(C)C1=O. The molecule has 0 spiro atoms. The molecule has 0 bridgehead atoms. The first-order chi connectivity index (χ1) is 15.0. The third kappa shape index (κ3) is 6.00. The van der Waals surface area contributed by atoms with E-state index in [9.17, 15) is 40.7 Å². The highest BCUT2D eigenvalue weighted by atomic mass is 127. The molecule has 3 amide bonds. The molecule has 1 heterocycles. The minimum Gasteiger partial charge on any atom is -0.488 e. The lowest BCUT2D eigenvalue weighted by Gasteiger charge is -2.26. The van der Waals surface area contributed by atoms with Crippen molar-refractivity contribution in [1.82, 2.24) is 10.6 Å². The third-order valence-electron chi connectivity index (χ3n) is 4.91. The van der Waals surface area contributed by atoms with Crippen LogP contribution in [0.2, 0.25) is 0 Å². The summed E-state index contributed by atoms with van der Waals surface area (Å²) in [4.78, 5) is 38.1. The topological polar surface area (TPSA) is 87.7 Å². The van der Waals surface area contributed by atoms with Crippen molar-refractivity contribution >= 4 is 46.0 Å². The van der Waals surface area contributed by atoms with Crippen LogP contribution in [0.15, 0.2) is 18.2 Å². The summed E-state index contributed by atoms with van der Waals surface area (Å²) in [7, 11) is 1.19. The number of alkyl halides is 7. The monoisotopic (exact) mass is 595 g/mol. The number of amides is 3. The molecular formula is C19H20F6IN3O4. The predicted octanol–water partition coefficient (Wildman–Crippen LogP) is 3.05. The zero-order chi connectivity index (χ0) is 25.4. The Kier molecular flexibility index (Phi) is 7.80. The fraction of sp³-hybridized carbons (Fsp3) is 0.526. The number of rotatable bonds is 6. The van der Waals surface area contributed by atoms with Crippen LogP contribution in [0.5, 0.6) is 5.75 Å². The standard InChI is InChI=1S/C19H20F6IN3O4/c1-9(14(30)27-8-18(22,26)17(2,20)21)15(31)28-11-7-33-13-10(19(23,24)25)5-4-6-12(13)29(3)16(11)32/h4-6,9,11H,7-8H2,1-3H3,(H,27,30)(H,28,31)/t9?,11-,18?/m0/s1. The number of halogens is 7. The van der Waals surface area contributed by atoms with Crippen LogP contribution in [0.1, 0.15) is 19.4 Å². The van der Waals surface area contributed by atoms with Crippen LogP contribution in [0.25, 0.3) is 0 Å². The molecule has 0 saturated heterocycles. The van der Waals surface area contributed by atoms with Crippen molar-refractivity contribution in [2.24, 2.45) is 5.92 Å². The van der Waals surface area contributed by atoms with Gasteiger partial charge in [-0.1, -0.05) is 6.07 Å². The number of hydrogen-bond acceptors (Lipinski definition) is 4. The molecule has 1 aromatic carbocycles. The summed E-state index contributed by atoms with van der Waals surface area (Å²) in [5.41, 5.74) is -1.28. The highest BCUT2D eigenvalue weighted by molar-refractivity contribution is 14.1. The van der Waals surface area contributed by atoms with Crippen LogP contribution in [-0.4, -0.2) is 53.6 Å². The first kappa shape index (κ1) is 27.0. The summed E-state index contributed by atoms with van der Waals surface area (Å²) < 4.78 is 82.4. The lowest BCUT2D eigenvalue weighted by atomic mass is 10.1. The van der Waals surface area contributed by atoms with E-state index in [0.29, 0.717) is 6.92 Å². The molecule has 0 aromatic heterocycles. The summed E-state index contributed by atoms with van der Waals surface area (Å²) in [6, 6.07) is 1.66. The lowest BCUT2D eigenvalue weighted by molar-refractivity contribution is -0.140. The van der Waals surface area contributed by atoms with Gasteiger partial charge in [-0.3, -0.25) is 14.4 Å². The molecule has 0 aliphatic carbocycles. The van der Waals surface area contributed by atoms with Crippen LogP contribution >= 0.6 is 22.6 Å². The Labute approximate surface area is 198 Å². The van der Waals surface area contributed by atoms with Gasteiger partial charge in [0.05, 0.1) is 17.8 Å². The van der Waals surface area contributed by atoms with Crippen molar-refractivity contribution < 1.29 is 45.5 Å². The van der Waals surface area contributed by atoms with E-state index in [1.165, 1.54) is 13.1 Å². The number of anilines is 1. The second kappa shape index (κ2) is 9.54. The quantitative estimate of drug-likeness (QED) is 0.229. The molecule has 0 radical (unpaired) electrons. The van der Waals surface area contributed by atoms with Gasteiger partial charge in [0.1, 0.15) is 18.6 Å². The van der Waals surface area contributed by atoms with Gasteiger partial charge in [0.15, 0.2) is 5.75 Å². The van der Waals surface area contributed by atoms with E-state index < -0.39 is 69.9 Å². The number of carbonyl (C=O) groups is 3. The van der Waals surface area contributed by atoms with Gasteiger partial charge in [-0.2, -0.15) is 13.2 Å². The van der Waals surface area contributed by atoms with E-state index in [1.807, 2.05) is 5.32 Å². The van der Waals surface area contributed by atoms with E-state index in [-0.39, 0.29) is 5.69 Å². The van der Waals surface area contributed by atoms with Crippen molar-refractivity contribution in [3.63, 3.8) is 0 Å². The number of fused-ring (bicyclic) bond motifs is 1. The molecule has 2 rings (SSSR count). The number of nitrogens with one attached hydrogen (secondary N) is 2. The first-order valence-corrected chi connectivity index (χ1v) is 10.5. The van der Waals surface area contributed by atoms with Gasteiger partial charge in [-0.25, -0.2) is 13.2 Å². The largest absolute Gasteiger partial charge is 0.488 e. The van der Waals surface area contributed by atoms with Crippen molar-refractivity contribution in [3.8, 4) is 5.75 Å². The maximum absolute atomic E-state index is 14.0. The lowest BCUT2D eigenvalue weighted by Crippen LogP contribution is -2.53. The van der Waals surface area contributed by atoms with Crippen molar-refractivity contribution in [1.29, 1.82) is 0 Å². The summed E-state index contributed by atoms with van der Waals surface area (Å²) in [5, 5.41) is 4.10. The van der Waals surface area contributed by atoms with E-state index in [1.54, 1.807) is 0 Å². The summed E-state index contributed by atoms with van der Waals surface area (Å²) in [6.45, 7) is -0.327. The number of carbonyl (C=O) groups excluding carboxylic acids is 3. The van der Waals surface area contributed by atoms with Crippen LogP contribution in [-0.2, 0) is 20.6 Å². The van der Waals surface area contributed by atoms with Gasteiger partial charge in [-0.15, -0.1) is 0 Å². The van der Waals surface area contributed by atoms with Crippen LogP contribution in [0.3, 0.4) is 0 Å². The van der Waals surface area contributed by atoms with Crippen LogP contribution in [0.4, 0.5) is 32.0 Å². The molecule has 0 saturated carbocycles. The van der Waals surface area contributed by atoms with Gasteiger partial charge in [0.25, 0.3) is 11.8 Å². The maximum atomic E-state index is 14.0. The molecule has 1 aliphatic rings. The smallest absolute Gasteiger partial charge is 0.420 e. The van der Waals surface area contributed by atoms with Crippen molar-refractivity contribution in [3.05, 3.63) is 23.8 Å². The van der Waals surface area contributed by atoms with E-state index in [4.69, 9.17) is 4.74 Å². The van der Waals surface area contributed by atoms with E-state index in [0.717, 1.165) is 46.5 Å². The average Bonchev–Trinajstić information content (AvgIpc) is 2.82. The molecule has 14 heteroatoms. The highest BCUT2D eigenvalue weighted by Gasteiger charge is 2.49. The summed E-state index contributed by atoms with van der Waals surface area (Å²) >= 11 is 0.840. The Morgan fingerprint density at radius 1 is 1.21 bits per heavy atom. The van der Waals surface area contributed by atoms with Gasteiger partial charge in [0.2, 0.25) is 15.5 Å². The zero-order valence-corrected chi connectivity index (χ0v) is 19.7. The molecule has 2 unspecified atom stereocenters. The normalized spacial score (nSPS) is 19.5. The van der Waals surface area contributed by atoms with Gasteiger partial charge >= 0.3 is 6.18 Å². The number of nitrogens with zero attached hydrogens (tertiary/aromatic N) is 1. The Morgan fingerprint density at radius 2 is 1.82 bits per heavy atom. The second-order valence-corrected chi connectivity index (χ2v) is 9.16. The minimum absolute atomic E-state index is 0.167. The maximum Gasteiger partial charge on any atom is 0.420 e. The first-order valence-electron chi connectivity index (χ1n) is 9.41. The molecule has 3 atom stereocenters. The molecule has 1 aliphatic heterocycles. The Bertz CT molecular complexity index is 935. The molecule has 184 valence electrons. The predicted molar refractivity (Wildman–Crippen MR) is 113 cm³/mol. The molecule has 2 N–H and O–H groups in total. The Morgan fingerprint density at radius 3 is 2.36 bits per heavy atom. The summed E-state index contributed by atoms with van der Waals surface area (Å²) in [5.74, 6) is -8.83. The van der Waals surface area contributed by atoms with Crippen molar-refractivity contribution in [2.75, 3.05) is 25.1 Å². The van der Waals surface area contributed by atoms with Gasteiger partial charge in [0, 0.05) is 14.0 Å². The zero-order valence-electron chi connectivity index (χ0n) is 17.5. The number of likely N-dealkylation sites (N-methyl/N-ethyl adjacent to an activating group) is 1. The average molecular weight is 595 g/mol. The number of ether oxygens (including phenoxy) is 1. The minimum atomic E-state index is -4.76. The van der Waals surface area contributed by atoms with Crippen LogP contribution in [0, 0.1) is 5.92 Å². The number of hydrogen-bond donors (Lipinski definition) is 2. The Balaban J connectivity index is 2.11. The van der Waals surface area contributed by atoms with Crippen molar-refractivity contribution in [2.45, 2.75) is 35.7 Å². The molecule has 7 nitrogen and oxygen atoms in total. The van der Waals surface area contributed by atoms with Crippen LogP contribution < -0.4 is 20.3 Å². The molecule has 0 fully saturated rings. The third-order valence-corrected chi connectivity index (χ3v) is 6.24. The fourth-order valence-electron chi connectivity index (χ4n) is 2.78. The second-order valence-electron chi connectivity index (χ2n) is 7.45. The fourth-order valence-corrected chi connectivity index (χ4v) is 2.97. The van der Waals surface area contributed by atoms with E-state index >= 15 is 0 Å². The molecule has 33 heavy (non-hydrogen) atoms. The van der Waals surface area contributed by atoms with Gasteiger partial charge < -0.3 is 20.3 Å². The summed E-state index contributed by atoms with van der Waals surface area (Å²) in [6.07, 6.45) is -4.76. The van der Waals surface area contributed by atoms with E-state index in [2.05, 4.69) is 5.32 Å².